The topological polar surface area (TPSA) is 77.8 Å². The van der Waals surface area contributed by atoms with Crippen LogP contribution in [0.15, 0.2) is 15.7 Å². The van der Waals surface area contributed by atoms with Gasteiger partial charge in [-0.1, -0.05) is 0 Å². The van der Waals surface area contributed by atoms with Gasteiger partial charge >= 0.3 is 5.69 Å². The Morgan fingerprint density at radius 2 is 2.20 bits per heavy atom. The predicted octanol–water partition coefficient (Wildman–Crippen LogP) is -0.395. The average molecular weight is 209 g/mol. The highest BCUT2D eigenvalue weighted by molar-refractivity contribution is 5.00. The fraction of sp³-hybridized carbons (Fsp3) is 0.600. The van der Waals surface area contributed by atoms with E-state index >= 15 is 0 Å². The van der Waals surface area contributed by atoms with Crippen molar-refractivity contribution in [1.29, 1.82) is 0 Å². The summed E-state index contributed by atoms with van der Waals surface area (Å²) >= 11 is 0. The molecule has 0 bridgehead atoms. The maximum Gasteiger partial charge on any atom is 0.325 e. The van der Waals surface area contributed by atoms with Gasteiger partial charge in [-0.25, -0.2) is 4.79 Å². The van der Waals surface area contributed by atoms with Gasteiger partial charge in [0.2, 0.25) is 0 Å². The van der Waals surface area contributed by atoms with E-state index in [9.17, 15) is 9.59 Å². The van der Waals surface area contributed by atoms with E-state index in [1.807, 2.05) is 0 Å². The third kappa shape index (κ3) is 2.79. The second kappa shape index (κ2) is 4.44. The number of aromatic amines is 2. The lowest BCUT2D eigenvalue weighted by atomic mass is 9.95. The Labute approximate surface area is 86.9 Å². The number of hydrogen-bond donors (Lipinski definition) is 3. The predicted molar refractivity (Wildman–Crippen MR) is 57.0 cm³/mol. The third-order valence-electron chi connectivity index (χ3n) is 2.72. The molecule has 1 aromatic heterocycles. The van der Waals surface area contributed by atoms with Crippen molar-refractivity contribution in [2.75, 3.05) is 13.1 Å². The van der Waals surface area contributed by atoms with Crippen LogP contribution in [0.5, 0.6) is 0 Å². The Kier molecular flexibility index (Phi) is 3.01. The average Bonchev–Trinajstić information content (AvgIpc) is 2.17. The van der Waals surface area contributed by atoms with E-state index in [-0.39, 0.29) is 5.56 Å². The minimum Gasteiger partial charge on any atom is -0.316 e. The first-order valence-corrected chi connectivity index (χ1v) is 5.27. The highest BCUT2D eigenvalue weighted by Crippen LogP contribution is 2.13. The maximum absolute atomic E-state index is 11.1. The number of hydrogen-bond acceptors (Lipinski definition) is 3. The Balaban J connectivity index is 2.09. The van der Waals surface area contributed by atoms with Crippen molar-refractivity contribution in [2.45, 2.75) is 19.3 Å². The summed E-state index contributed by atoms with van der Waals surface area (Å²) in [6, 6.07) is 1.47. The number of H-pyrrole nitrogens is 2. The van der Waals surface area contributed by atoms with Gasteiger partial charge in [-0.3, -0.25) is 9.78 Å². The molecule has 0 saturated carbocycles. The molecule has 1 aromatic rings. The molecule has 82 valence electrons. The fourth-order valence-electron chi connectivity index (χ4n) is 2.04. The van der Waals surface area contributed by atoms with Gasteiger partial charge in [0.1, 0.15) is 0 Å². The van der Waals surface area contributed by atoms with Crippen LogP contribution < -0.4 is 16.6 Å². The van der Waals surface area contributed by atoms with Gasteiger partial charge in [0.15, 0.2) is 0 Å². The van der Waals surface area contributed by atoms with Crippen LogP contribution in [-0.2, 0) is 6.42 Å². The number of nitrogens with one attached hydrogen (secondary N) is 3. The molecule has 1 aliphatic heterocycles. The maximum atomic E-state index is 11.1. The van der Waals surface area contributed by atoms with Gasteiger partial charge in [0, 0.05) is 11.8 Å². The Hall–Kier alpha value is -1.36. The summed E-state index contributed by atoms with van der Waals surface area (Å²) in [6.07, 6.45) is 3.09. The molecule has 0 radical (unpaired) electrons. The van der Waals surface area contributed by atoms with Crippen LogP contribution in [0.2, 0.25) is 0 Å². The molecule has 0 aromatic carbocycles. The summed E-state index contributed by atoms with van der Waals surface area (Å²) in [4.78, 5) is 26.9. The first kappa shape index (κ1) is 10.2. The van der Waals surface area contributed by atoms with E-state index in [0.717, 1.165) is 38.0 Å². The van der Waals surface area contributed by atoms with Crippen LogP contribution in [0.1, 0.15) is 18.5 Å². The second-order valence-electron chi connectivity index (χ2n) is 4.03. The summed E-state index contributed by atoms with van der Waals surface area (Å²) in [5.41, 5.74) is -0.00348. The van der Waals surface area contributed by atoms with E-state index in [1.54, 1.807) is 0 Å². The first-order chi connectivity index (χ1) is 7.24. The Bertz CT molecular complexity index is 401. The standard InChI is InChI=1S/C10H15N3O2/c14-9-5-8(12-10(15)13-9)4-7-2-1-3-11-6-7/h5,7,11H,1-4,6H2,(H2,12,13,14,15). The van der Waals surface area contributed by atoms with Crippen LogP contribution in [-0.4, -0.2) is 23.1 Å². The van der Waals surface area contributed by atoms with Crippen molar-refractivity contribution in [3.05, 3.63) is 32.6 Å². The number of piperidine rings is 1. The van der Waals surface area contributed by atoms with E-state index in [0.29, 0.717) is 5.92 Å². The van der Waals surface area contributed by atoms with Crippen molar-refractivity contribution in [3.8, 4) is 0 Å². The van der Waals surface area contributed by atoms with Crippen molar-refractivity contribution in [1.82, 2.24) is 15.3 Å². The van der Waals surface area contributed by atoms with Crippen molar-refractivity contribution in [3.63, 3.8) is 0 Å². The molecular formula is C10H15N3O2. The van der Waals surface area contributed by atoms with Crippen LogP contribution in [0, 0.1) is 5.92 Å². The molecule has 1 atom stereocenters. The first-order valence-electron chi connectivity index (χ1n) is 5.27. The van der Waals surface area contributed by atoms with Crippen molar-refractivity contribution < 1.29 is 0 Å². The molecular weight excluding hydrogens is 194 g/mol. The van der Waals surface area contributed by atoms with E-state index in [1.165, 1.54) is 6.07 Å². The van der Waals surface area contributed by atoms with E-state index in [2.05, 4.69) is 15.3 Å². The molecule has 5 heteroatoms. The van der Waals surface area contributed by atoms with Crippen LogP contribution in [0.3, 0.4) is 0 Å². The van der Waals surface area contributed by atoms with Crippen molar-refractivity contribution in [2.24, 2.45) is 5.92 Å². The van der Waals surface area contributed by atoms with Gasteiger partial charge in [-0.05, 0) is 38.3 Å². The van der Waals surface area contributed by atoms with Crippen LogP contribution in [0.4, 0.5) is 0 Å². The molecule has 0 amide bonds. The van der Waals surface area contributed by atoms with Gasteiger partial charge in [0.25, 0.3) is 5.56 Å². The fourth-order valence-corrected chi connectivity index (χ4v) is 2.04. The molecule has 15 heavy (non-hydrogen) atoms. The molecule has 1 unspecified atom stereocenters. The molecule has 5 nitrogen and oxygen atoms in total. The third-order valence-corrected chi connectivity index (χ3v) is 2.72. The summed E-state index contributed by atoms with van der Waals surface area (Å²) in [7, 11) is 0. The molecule has 1 fully saturated rings. The number of aromatic nitrogens is 2. The van der Waals surface area contributed by atoms with E-state index < -0.39 is 5.69 Å². The van der Waals surface area contributed by atoms with Crippen LogP contribution in [0.25, 0.3) is 0 Å². The van der Waals surface area contributed by atoms with E-state index in [4.69, 9.17) is 0 Å². The highest BCUT2D eigenvalue weighted by Gasteiger charge is 2.13. The second-order valence-corrected chi connectivity index (χ2v) is 4.03. The monoisotopic (exact) mass is 209 g/mol. The van der Waals surface area contributed by atoms with Gasteiger partial charge < -0.3 is 10.3 Å². The summed E-state index contributed by atoms with van der Waals surface area (Å²) < 4.78 is 0. The number of rotatable bonds is 2. The highest BCUT2D eigenvalue weighted by atomic mass is 16.2. The lowest BCUT2D eigenvalue weighted by Crippen LogP contribution is -2.32. The minimum absolute atomic E-state index is 0.322. The molecule has 3 N–H and O–H groups in total. The van der Waals surface area contributed by atoms with Crippen molar-refractivity contribution >= 4 is 0 Å². The molecule has 0 aliphatic carbocycles. The van der Waals surface area contributed by atoms with Crippen LogP contribution >= 0.6 is 0 Å². The molecule has 2 heterocycles. The Morgan fingerprint density at radius 3 is 2.87 bits per heavy atom. The van der Waals surface area contributed by atoms with Gasteiger partial charge in [-0.15, -0.1) is 0 Å². The smallest absolute Gasteiger partial charge is 0.316 e. The Morgan fingerprint density at radius 1 is 1.33 bits per heavy atom. The zero-order valence-electron chi connectivity index (χ0n) is 8.51. The largest absolute Gasteiger partial charge is 0.325 e. The lowest BCUT2D eigenvalue weighted by Gasteiger charge is -2.22. The van der Waals surface area contributed by atoms with Gasteiger partial charge in [0.05, 0.1) is 0 Å². The summed E-state index contributed by atoms with van der Waals surface area (Å²) in [5, 5.41) is 3.31. The SMILES string of the molecule is O=c1cc(CC2CCCNC2)[nH]c(=O)[nH]1. The molecule has 2 rings (SSSR count). The normalized spacial score (nSPS) is 21.5. The molecule has 1 saturated heterocycles. The zero-order valence-corrected chi connectivity index (χ0v) is 8.51. The quantitative estimate of drug-likeness (QED) is 0.620. The lowest BCUT2D eigenvalue weighted by molar-refractivity contribution is 0.373. The molecule has 0 spiro atoms. The zero-order chi connectivity index (χ0) is 10.7. The molecule has 1 aliphatic rings. The minimum atomic E-state index is -0.415. The summed E-state index contributed by atoms with van der Waals surface area (Å²) in [6.45, 7) is 2.04. The summed E-state index contributed by atoms with van der Waals surface area (Å²) in [5.74, 6) is 0.524. The van der Waals surface area contributed by atoms with Gasteiger partial charge in [-0.2, -0.15) is 0 Å².